The summed E-state index contributed by atoms with van der Waals surface area (Å²) in [4.78, 5) is 26.6. The van der Waals surface area contributed by atoms with Gasteiger partial charge in [0.15, 0.2) is 0 Å². The molecule has 1 aromatic rings. The van der Waals surface area contributed by atoms with Crippen LogP contribution in [-0.2, 0) is 9.59 Å². The van der Waals surface area contributed by atoms with E-state index in [1.54, 1.807) is 0 Å². The first-order chi connectivity index (χ1) is 9.06. The van der Waals surface area contributed by atoms with Crippen molar-refractivity contribution in [1.82, 2.24) is 4.90 Å². The molecule has 4 nitrogen and oxygen atoms in total. The number of rotatable bonds is 3. The highest BCUT2D eigenvalue weighted by molar-refractivity contribution is 8.00. The van der Waals surface area contributed by atoms with Crippen molar-refractivity contribution >= 4 is 29.3 Å². The molecule has 1 unspecified atom stereocenters. The van der Waals surface area contributed by atoms with Crippen LogP contribution < -0.4 is 5.73 Å². The number of amides is 2. The molecule has 2 fully saturated rings. The first-order valence-electron chi connectivity index (χ1n) is 6.45. The number of hydrogen-bond acceptors (Lipinski definition) is 4. The van der Waals surface area contributed by atoms with Gasteiger partial charge < -0.3 is 5.73 Å². The second-order valence-electron chi connectivity index (χ2n) is 5.17. The van der Waals surface area contributed by atoms with Gasteiger partial charge in [-0.15, -0.1) is 11.8 Å². The molecule has 2 amide bonds. The molecule has 0 radical (unpaired) electrons. The summed E-state index contributed by atoms with van der Waals surface area (Å²) in [5, 5.41) is -0.268. The Morgan fingerprint density at radius 2 is 2.05 bits per heavy atom. The number of likely N-dealkylation sites (tertiary alicyclic amines) is 1. The number of benzene rings is 1. The predicted octanol–water partition coefficient (Wildman–Crippen LogP) is 1.96. The van der Waals surface area contributed by atoms with E-state index in [0.717, 1.165) is 29.0 Å². The molecule has 1 atom stereocenters. The molecule has 2 N–H and O–H groups in total. The molecule has 0 bridgehead atoms. The first-order valence-corrected chi connectivity index (χ1v) is 7.33. The fraction of sp³-hybridized carbons (Fsp3) is 0.429. The predicted molar refractivity (Wildman–Crippen MR) is 74.7 cm³/mol. The quantitative estimate of drug-likeness (QED) is 0.677. The number of thioether (sulfide) groups is 1. The van der Waals surface area contributed by atoms with Gasteiger partial charge in [-0.25, -0.2) is 0 Å². The summed E-state index contributed by atoms with van der Waals surface area (Å²) in [6.45, 7) is 1.97. The average Bonchev–Trinajstić information content (AvgIpc) is 3.12. The fourth-order valence-corrected chi connectivity index (χ4v) is 3.53. The maximum absolute atomic E-state index is 12.2. The Hall–Kier alpha value is -1.49. The number of imide groups is 1. The number of nitrogen functional groups attached to an aromatic ring is 1. The maximum atomic E-state index is 12.2. The van der Waals surface area contributed by atoms with Crippen LogP contribution in [0.4, 0.5) is 5.69 Å². The molecule has 1 saturated carbocycles. The zero-order valence-corrected chi connectivity index (χ0v) is 11.6. The second kappa shape index (κ2) is 4.56. The molecule has 1 saturated heterocycles. The van der Waals surface area contributed by atoms with Crippen molar-refractivity contribution in [2.45, 2.75) is 42.4 Å². The number of aryl methyl sites for hydroxylation is 1. The molecule has 100 valence electrons. The van der Waals surface area contributed by atoms with Gasteiger partial charge in [0.05, 0.1) is 5.25 Å². The van der Waals surface area contributed by atoms with Crippen molar-refractivity contribution in [2.75, 3.05) is 5.73 Å². The molecule has 1 aliphatic heterocycles. The van der Waals surface area contributed by atoms with E-state index in [2.05, 4.69) is 0 Å². The third-order valence-electron chi connectivity index (χ3n) is 3.52. The lowest BCUT2D eigenvalue weighted by molar-refractivity contribution is -0.138. The molecular formula is C14H16N2O2S. The highest BCUT2D eigenvalue weighted by atomic mass is 32.2. The van der Waals surface area contributed by atoms with Crippen LogP contribution in [0.25, 0.3) is 0 Å². The SMILES string of the molecule is Cc1cc(N)ccc1SC1CC(=O)N(C2CC2)C1=O. The van der Waals surface area contributed by atoms with Crippen LogP contribution in [0.15, 0.2) is 23.1 Å². The van der Waals surface area contributed by atoms with Gasteiger partial charge in [-0.1, -0.05) is 0 Å². The van der Waals surface area contributed by atoms with E-state index >= 15 is 0 Å². The zero-order chi connectivity index (χ0) is 13.6. The van der Waals surface area contributed by atoms with Crippen LogP contribution in [-0.4, -0.2) is 28.0 Å². The monoisotopic (exact) mass is 276 g/mol. The lowest BCUT2D eigenvalue weighted by Gasteiger charge is -2.14. The Bertz CT molecular complexity index is 554. The number of hydrogen-bond donors (Lipinski definition) is 1. The molecular weight excluding hydrogens is 260 g/mol. The van der Waals surface area contributed by atoms with Gasteiger partial charge in [0.2, 0.25) is 11.8 Å². The molecule has 1 aromatic carbocycles. The Labute approximate surface area is 116 Å². The molecule has 1 heterocycles. The third kappa shape index (κ3) is 2.34. The van der Waals surface area contributed by atoms with Crippen LogP contribution in [0.3, 0.4) is 0 Å². The minimum atomic E-state index is -0.268. The summed E-state index contributed by atoms with van der Waals surface area (Å²) in [5.41, 5.74) is 7.49. The molecule has 0 spiro atoms. The minimum absolute atomic E-state index is 0.0156. The number of carbonyl (C=O) groups is 2. The summed E-state index contributed by atoms with van der Waals surface area (Å²) < 4.78 is 0. The summed E-state index contributed by atoms with van der Waals surface area (Å²) in [6, 6.07) is 5.82. The first kappa shape index (κ1) is 12.5. The second-order valence-corrected chi connectivity index (χ2v) is 6.41. The summed E-state index contributed by atoms with van der Waals surface area (Å²) in [5.74, 6) is -0.0353. The topological polar surface area (TPSA) is 63.4 Å². The van der Waals surface area contributed by atoms with Crippen LogP contribution >= 0.6 is 11.8 Å². The van der Waals surface area contributed by atoms with Crippen LogP contribution in [0.2, 0.25) is 0 Å². The van der Waals surface area contributed by atoms with Gasteiger partial charge in [-0.2, -0.15) is 0 Å². The van der Waals surface area contributed by atoms with E-state index in [9.17, 15) is 9.59 Å². The summed E-state index contributed by atoms with van der Waals surface area (Å²) >= 11 is 1.48. The van der Waals surface area contributed by atoms with E-state index in [-0.39, 0.29) is 23.1 Å². The smallest absolute Gasteiger partial charge is 0.243 e. The van der Waals surface area contributed by atoms with Gasteiger partial charge in [-0.3, -0.25) is 14.5 Å². The normalized spacial score (nSPS) is 23.2. The van der Waals surface area contributed by atoms with Crippen molar-refractivity contribution in [3.63, 3.8) is 0 Å². The van der Waals surface area contributed by atoms with E-state index in [4.69, 9.17) is 5.73 Å². The fourth-order valence-electron chi connectivity index (χ4n) is 2.39. The van der Waals surface area contributed by atoms with Crippen molar-refractivity contribution in [1.29, 1.82) is 0 Å². The van der Waals surface area contributed by atoms with Gasteiger partial charge in [0.1, 0.15) is 0 Å². The van der Waals surface area contributed by atoms with Crippen LogP contribution in [0, 0.1) is 6.92 Å². The van der Waals surface area contributed by atoms with Crippen molar-refractivity contribution in [2.24, 2.45) is 0 Å². The Kier molecular flexibility index (Phi) is 3.01. The van der Waals surface area contributed by atoms with Gasteiger partial charge in [0, 0.05) is 23.0 Å². The highest BCUT2D eigenvalue weighted by Gasteiger charge is 2.46. The van der Waals surface area contributed by atoms with Gasteiger partial charge in [0.25, 0.3) is 0 Å². The Morgan fingerprint density at radius 3 is 2.68 bits per heavy atom. The maximum Gasteiger partial charge on any atom is 0.243 e. The molecule has 0 aromatic heterocycles. The molecule has 1 aliphatic carbocycles. The highest BCUT2D eigenvalue weighted by Crippen LogP contribution is 2.38. The zero-order valence-electron chi connectivity index (χ0n) is 10.8. The number of carbonyl (C=O) groups excluding carboxylic acids is 2. The lowest BCUT2D eigenvalue weighted by atomic mass is 10.2. The molecule has 5 heteroatoms. The van der Waals surface area contributed by atoms with Crippen LogP contribution in [0.1, 0.15) is 24.8 Å². The van der Waals surface area contributed by atoms with E-state index in [0.29, 0.717) is 6.42 Å². The number of anilines is 1. The van der Waals surface area contributed by atoms with E-state index < -0.39 is 0 Å². The molecule has 3 rings (SSSR count). The molecule has 2 aliphatic rings. The van der Waals surface area contributed by atoms with Crippen molar-refractivity contribution < 1.29 is 9.59 Å². The van der Waals surface area contributed by atoms with E-state index in [1.807, 2.05) is 25.1 Å². The van der Waals surface area contributed by atoms with Crippen molar-refractivity contribution in [3.8, 4) is 0 Å². The Balaban J connectivity index is 1.76. The van der Waals surface area contributed by atoms with Crippen molar-refractivity contribution in [3.05, 3.63) is 23.8 Å². The van der Waals surface area contributed by atoms with E-state index in [1.165, 1.54) is 16.7 Å². The lowest BCUT2D eigenvalue weighted by Crippen LogP contribution is -2.33. The summed E-state index contributed by atoms with van der Waals surface area (Å²) in [6.07, 6.45) is 2.26. The molecule has 19 heavy (non-hydrogen) atoms. The summed E-state index contributed by atoms with van der Waals surface area (Å²) in [7, 11) is 0. The van der Waals surface area contributed by atoms with Gasteiger partial charge in [-0.05, 0) is 43.5 Å². The largest absolute Gasteiger partial charge is 0.399 e. The Morgan fingerprint density at radius 1 is 1.32 bits per heavy atom. The average molecular weight is 276 g/mol. The minimum Gasteiger partial charge on any atom is -0.399 e. The standard InChI is InChI=1S/C14H16N2O2S/c1-8-6-9(15)2-5-11(8)19-12-7-13(17)16(14(12)18)10-3-4-10/h2,5-6,10,12H,3-4,7,15H2,1H3. The number of nitrogens with two attached hydrogens (primary N) is 1. The van der Waals surface area contributed by atoms with Crippen LogP contribution in [0.5, 0.6) is 0 Å². The third-order valence-corrected chi connectivity index (χ3v) is 4.89. The number of nitrogens with zero attached hydrogens (tertiary/aromatic N) is 1. The van der Waals surface area contributed by atoms with Gasteiger partial charge >= 0.3 is 0 Å².